The molecule has 0 saturated heterocycles. The second-order valence-electron chi connectivity index (χ2n) is 3.00. The van der Waals surface area contributed by atoms with Crippen LogP contribution in [-0.2, 0) is 0 Å². The lowest BCUT2D eigenvalue weighted by atomic mass is 9.88. The summed E-state index contributed by atoms with van der Waals surface area (Å²) in [5.74, 6) is 0.525. The molecule has 1 aliphatic rings. The van der Waals surface area contributed by atoms with Crippen molar-refractivity contribution in [3.8, 4) is 0 Å². The summed E-state index contributed by atoms with van der Waals surface area (Å²) in [6.07, 6.45) is 4.02. The van der Waals surface area contributed by atoms with E-state index in [4.69, 9.17) is 16.6 Å². The highest BCUT2D eigenvalue weighted by molar-refractivity contribution is 6.52. The third-order valence-electron chi connectivity index (χ3n) is 2.05. The molecule has 0 aromatic carbocycles. The van der Waals surface area contributed by atoms with Crippen LogP contribution in [0.2, 0.25) is 5.02 Å². The number of aromatic nitrogens is 1. The Morgan fingerprint density at radius 3 is 2.92 bits per heavy atom. The highest BCUT2D eigenvalue weighted by Crippen LogP contribution is 2.41. The molecule has 1 aromatic rings. The zero-order valence-electron chi connectivity index (χ0n) is 6.50. The summed E-state index contributed by atoms with van der Waals surface area (Å²) < 4.78 is 0. The van der Waals surface area contributed by atoms with E-state index < -0.39 is 0 Å². The van der Waals surface area contributed by atoms with E-state index in [9.17, 15) is 0 Å². The van der Waals surface area contributed by atoms with Crippen molar-refractivity contribution in [3.63, 3.8) is 0 Å². The SMILES string of the molecule is O[B]c1ccnc(C2CC2)c1Cl. The zero-order valence-corrected chi connectivity index (χ0v) is 7.25. The smallest absolute Gasteiger partial charge is 0.328 e. The van der Waals surface area contributed by atoms with Gasteiger partial charge in [-0.25, -0.2) is 0 Å². The lowest BCUT2D eigenvalue weighted by Gasteiger charge is -2.03. The summed E-state index contributed by atoms with van der Waals surface area (Å²) in [7, 11) is 1.02. The van der Waals surface area contributed by atoms with Crippen LogP contribution >= 0.6 is 11.6 Å². The predicted molar refractivity (Wildman–Crippen MR) is 48.8 cm³/mol. The summed E-state index contributed by atoms with van der Waals surface area (Å²) in [5.41, 5.74) is 1.59. The summed E-state index contributed by atoms with van der Waals surface area (Å²) in [6, 6.07) is 1.70. The molecule has 12 heavy (non-hydrogen) atoms. The molecule has 1 aromatic heterocycles. The molecule has 61 valence electrons. The monoisotopic (exact) mass is 180 g/mol. The highest BCUT2D eigenvalue weighted by atomic mass is 35.5. The number of hydrogen-bond donors (Lipinski definition) is 1. The molecule has 2 nitrogen and oxygen atoms in total. The molecule has 1 heterocycles. The van der Waals surface area contributed by atoms with Crippen LogP contribution in [0.3, 0.4) is 0 Å². The number of pyridine rings is 1. The van der Waals surface area contributed by atoms with E-state index in [0.29, 0.717) is 16.4 Å². The van der Waals surface area contributed by atoms with Gasteiger partial charge in [0, 0.05) is 12.1 Å². The van der Waals surface area contributed by atoms with Gasteiger partial charge in [0.2, 0.25) is 0 Å². The van der Waals surface area contributed by atoms with Gasteiger partial charge in [-0.15, -0.1) is 0 Å². The van der Waals surface area contributed by atoms with E-state index in [1.54, 1.807) is 12.3 Å². The minimum Gasteiger partial charge on any atom is -0.450 e. The Balaban J connectivity index is 2.40. The average Bonchev–Trinajstić information content (AvgIpc) is 2.88. The first-order chi connectivity index (χ1) is 5.83. The van der Waals surface area contributed by atoms with Gasteiger partial charge in [0.25, 0.3) is 0 Å². The standard InChI is InChI=1S/C8H8BClNO/c10-7-6(9-12)3-4-11-8(7)5-1-2-5/h3-5,12H,1-2H2. The Labute approximate surface area is 76.9 Å². The van der Waals surface area contributed by atoms with Gasteiger partial charge in [-0.05, 0) is 24.4 Å². The Kier molecular flexibility index (Phi) is 2.07. The van der Waals surface area contributed by atoms with Crippen molar-refractivity contribution >= 4 is 24.5 Å². The molecule has 0 spiro atoms. The fourth-order valence-electron chi connectivity index (χ4n) is 1.22. The summed E-state index contributed by atoms with van der Waals surface area (Å²) in [5, 5.41) is 9.41. The van der Waals surface area contributed by atoms with Gasteiger partial charge >= 0.3 is 7.48 Å². The van der Waals surface area contributed by atoms with Crippen LogP contribution in [0.25, 0.3) is 0 Å². The molecule has 4 heteroatoms. The molecule has 1 radical (unpaired) electrons. The molecule has 0 bridgehead atoms. The number of rotatable bonds is 2. The highest BCUT2D eigenvalue weighted by Gasteiger charge is 2.27. The molecule has 1 fully saturated rings. The van der Waals surface area contributed by atoms with Gasteiger partial charge < -0.3 is 5.02 Å². The minimum absolute atomic E-state index is 0.525. The molecule has 1 N–H and O–H groups in total. The third kappa shape index (κ3) is 1.34. The van der Waals surface area contributed by atoms with Crippen LogP contribution in [0.15, 0.2) is 12.3 Å². The zero-order chi connectivity index (χ0) is 8.55. The largest absolute Gasteiger partial charge is 0.450 e. The average molecular weight is 180 g/mol. The van der Waals surface area contributed by atoms with Crippen LogP contribution < -0.4 is 5.46 Å². The Morgan fingerprint density at radius 1 is 1.58 bits per heavy atom. The van der Waals surface area contributed by atoms with Crippen LogP contribution in [0, 0.1) is 0 Å². The van der Waals surface area contributed by atoms with Crippen molar-refractivity contribution in [2.75, 3.05) is 0 Å². The van der Waals surface area contributed by atoms with Crippen LogP contribution in [0.4, 0.5) is 0 Å². The topological polar surface area (TPSA) is 33.1 Å². The van der Waals surface area contributed by atoms with Crippen molar-refractivity contribution in [1.29, 1.82) is 0 Å². The normalized spacial score (nSPS) is 16.2. The number of halogens is 1. The first kappa shape index (κ1) is 8.08. The maximum absolute atomic E-state index is 8.81. The van der Waals surface area contributed by atoms with Crippen LogP contribution in [0.5, 0.6) is 0 Å². The van der Waals surface area contributed by atoms with E-state index in [1.807, 2.05) is 0 Å². The predicted octanol–water partition coefficient (Wildman–Crippen LogP) is 0.849. The Bertz CT molecular complexity index is 301. The second kappa shape index (κ2) is 3.07. The van der Waals surface area contributed by atoms with Crippen molar-refractivity contribution < 1.29 is 5.02 Å². The molecule has 0 unspecified atom stereocenters. The molecule has 0 atom stereocenters. The van der Waals surface area contributed by atoms with Crippen LogP contribution in [-0.4, -0.2) is 17.5 Å². The van der Waals surface area contributed by atoms with E-state index in [-0.39, 0.29) is 0 Å². The van der Waals surface area contributed by atoms with Crippen molar-refractivity contribution in [2.45, 2.75) is 18.8 Å². The van der Waals surface area contributed by atoms with E-state index >= 15 is 0 Å². The molecule has 1 aliphatic carbocycles. The molecule has 1 saturated carbocycles. The van der Waals surface area contributed by atoms with Crippen LogP contribution in [0.1, 0.15) is 24.5 Å². The molecule has 2 rings (SSSR count). The minimum atomic E-state index is 0.525. The first-order valence-electron chi connectivity index (χ1n) is 3.94. The fourth-order valence-corrected chi connectivity index (χ4v) is 1.53. The molecule has 0 aliphatic heterocycles. The quantitative estimate of drug-likeness (QED) is 0.685. The molecular weight excluding hydrogens is 172 g/mol. The second-order valence-corrected chi connectivity index (χ2v) is 3.38. The summed E-state index contributed by atoms with van der Waals surface area (Å²) in [4.78, 5) is 4.19. The van der Waals surface area contributed by atoms with E-state index in [0.717, 1.165) is 13.2 Å². The Morgan fingerprint density at radius 2 is 2.33 bits per heavy atom. The molecule has 0 amide bonds. The maximum Gasteiger partial charge on any atom is 0.328 e. The lowest BCUT2D eigenvalue weighted by molar-refractivity contribution is 0.615. The van der Waals surface area contributed by atoms with E-state index in [2.05, 4.69) is 4.98 Å². The molecular formula is C8H8BClNO. The maximum atomic E-state index is 8.81. The van der Waals surface area contributed by atoms with Gasteiger partial charge in [0.15, 0.2) is 0 Å². The van der Waals surface area contributed by atoms with Gasteiger partial charge in [-0.3, -0.25) is 4.98 Å². The van der Waals surface area contributed by atoms with Gasteiger partial charge in [0.05, 0.1) is 10.7 Å². The summed E-state index contributed by atoms with van der Waals surface area (Å²) >= 11 is 5.99. The van der Waals surface area contributed by atoms with Crippen molar-refractivity contribution in [1.82, 2.24) is 4.98 Å². The fraction of sp³-hybridized carbons (Fsp3) is 0.375. The summed E-state index contributed by atoms with van der Waals surface area (Å²) in [6.45, 7) is 0. The van der Waals surface area contributed by atoms with Crippen molar-refractivity contribution in [3.05, 3.63) is 23.0 Å². The number of nitrogens with zero attached hydrogens (tertiary/aromatic N) is 1. The Hall–Kier alpha value is -0.535. The van der Waals surface area contributed by atoms with E-state index in [1.165, 1.54) is 12.8 Å². The number of hydrogen-bond acceptors (Lipinski definition) is 2. The first-order valence-corrected chi connectivity index (χ1v) is 4.32. The van der Waals surface area contributed by atoms with Gasteiger partial charge in [0.1, 0.15) is 0 Å². The van der Waals surface area contributed by atoms with Gasteiger partial charge in [-0.1, -0.05) is 11.6 Å². The lowest BCUT2D eigenvalue weighted by Crippen LogP contribution is -2.16. The third-order valence-corrected chi connectivity index (χ3v) is 2.46. The van der Waals surface area contributed by atoms with Crippen molar-refractivity contribution in [2.24, 2.45) is 0 Å². The van der Waals surface area contributed by atoms with Gasteiger partial charge in [-0.2, -0.15) is 0 Å².